The van der Waals surface area contributed by atoms with Crippen LogP contribution in [0.25, 0.3) is 11.1 Å². The maximum atomic E-state index is 13.5. The summed E-state index contributed by atoms with van der Waals surface area (Å²) in [6.45, 7) is 1.24. The summed E-state index contributed by atoms with van der Waals surface area (Å²) in [5, 5.41) is 0.574. The van der Waals surface area contributed by atoms with Gasteiger partial charge in [-0.1, -0.05) is 23.7 Å². The molecule has 28 heavy (non-hydrogen) atoms. The van der Waals surface area contributed by atoms with E-state index in [1.807, 2.05) is 6.07 Å². The minimum Gasteiger partial charge on any atom is -0.381 e. The van der Waals surface area contributed by atoms with E-state index in [4.69, 9.17) is 27.1 Å². The number of pyridine rings is 1. The number of amides is 1. The molecule has 1 saturated heterocycles. The number of hydrogen-bond donors (Lipinski definition) is 1. The molecule has 3 atom stereocenters. The van der Waals surface area contributed by atoms with Crippen LogP contribution in [0.1, 0.15) is 17.5 Å². The summed E-state index contributed by atoms with van der Waals surface area (Å²) in [5.74, 6) is 0.522. The van der Waals surface area contributed by atoms with Crippen molar-refractivity contribution in [3.63, 3.8) is 0 Å². The van der Waals surface area contributed by atoms with E-state index < -0.39 is 5.54 Å². The lowest BCUT2D eigenvalue weighted by atomic mass is 9.62. The molecule has 1 unspecified atom stereocenters. The standard InChI is InChI=1S/C21H21ClN4O2/c1-26-19(27)21(25-20(26)23)17-8-12(15-7-16(22)10-24-9-15)2-3-13(17)6-14-4-5-28-11-18(14)21/h2-3,7-10,14,18H,4-6,11H2,1H3,(H2,23,25)/t14-,18+,21?/m1/s1. The number of likely N-dealkylation sites (N-methyl/N-ethyl adjacent to an activating group) is 1. The molecular weight excluding hydrogens is 376 g/mol. The normalized spacial score (nSPS) is 28.9. The van der Waals surface area contributed by atoms with Crippen molar-refractivity contribution in [1.82, 2.24) is 9.88 Å². The first-order chi connectivity index (χ1) is 13.5. The summed E-state index contributed by atoms with van der Waals surface area (Å²) in [6, 6.07) is 8.10. The van der Waals surface area contributed by atoms with Crippen LogP contribution < -0.4 is 5.73 Å². The quantitative estimate of drug-likeness (QED) is 0.803. The number of ether oxygens (including phenoxy) is 1. The predicted octanol–water partition coefficient (Wildman–Crippen LogP) is 2.59. The van der Waals surface area contributed by atoms with Gasteiger partial charge in [-0.15, -0.1) is 0 Å². The Bertz CT molecular complexity index is 1010. The summed E-state index contributed by atoms with van der Waals surface area (Å²) in [4.78, 5) is 23.9. The molecule has 1 amide bonds. The van der Waals surface area contributed by atoms with E-state index in [1.165, 1.54) is 4.90 Å². The van der Waals surface area contributed by atoms with Gasteiger partial charge in [0.25, 0.3) is 5.91 Å². The van der Waals surface area contributed by atoms with E-state index in [2.05, 4.69) is 23.2 Å². The smallest absolute Gasteiger partial charge is 0.262 e. The monoisotopic (exact) mass is 396 g/mol. The number of rotatable bonds is 1. The fourth-order valence-electron chi connectivity index (χ4n) is 4.91. The number of guanidine groups is 1. The number of carbonyl (C=O) groups is 1. The van der Waals surface area contributed by atoms with Crippen molar-refractivity contribution in [1.29, 1.82) is 0 Å². The fraction of sp³-hybridized carbons (Fsp3) is 0.381. The summed E-state index contributed by atoms with van der Waals surface area (Å²) in [5.41, 5.74) is 9.04. The number of benzene rings is 1. The number of carbonyl (C=O) groups excluding carboxylic acids is 1. The van der Waals surface area contributed by atoms with Crippen LogP contribution >= 0.6 is 11.6 Å². The summed E-state index contributed by atoms with van der Waals surface area (Å²) in [7, 11) is 1.69. The van der Waals surface area contributed by atoms with Crippen LogP contribution in [-0.4, -0.2) is 42.0 Å². The zero-order valence-corrected chi connectivity index (χ0v) is 16.3. The van der Waals surface area contributed by atoms with Gasteiger partial charge in [-0.05, 0) is 47.6 Å². The molecule has 2 N–H and O–H groups in total. The molecule has 1 aliphatic carbocycles. The Labute approximate surface area is 168 Å². The number of fused-ring (bicyclic) bond motifs is 4. The molecule has 6 nitrogen and oxygen atoms in total. The van der Waals surface area contributed by atoms with Crippen LogP contribution in [0.5, 0.6) is 0 Å². The third-order valence-electron chi connectivity index (χ3n) is 6.34. The Morgan fingerprint density at radius 2 is 2.14 bits per heavy atom. The van der Waals surface area contributed by atoms with Gasteiger partial charge in [0.2, 0.25) is 0 Å². The summed E-state index contributed by atoms with van der Waals surface area (Å²) >= 11 is 6.13. The lowest BCUT2D eigenvalue weighted by Gasteiger charge is -2.46. The summed E-state index contributed by atoms with van der Waals surface area (Å²) < 4.78 is 5.78. The minimum absolute atomic E-state index is 0.0162. The van der Waals surface area contributed by atoms with Crippen molar-refractivity contribution < 1.29 is 9.53 Å². The molecule has 5 rings (SSSR count). The molecular formula is C21H21ClN4O2. The largest absolute Gasteiger partial charge is 0.381 e. The van der Waals surface area contributed by atoms with Crippen LogP contribution in [0, 0.1) is 11.8 Å². The van der Waals surface area contributed by atoms with Gasteiger partial charge in [0, 0.05) is 37.5 Å². The van der Waals surface area contributed by atoms with Crippen LogP contribution in [0.4, 0.5) is 0 Å². The molecule has 1 aromatic heterocycles. The van der Waals surface area contributed by atoms with E-state index in [1.54, 1.807) is 19.4 Å². The maximum Gasteiger partial charge on any atom is 0.262 e. The molecule has 144 valence electrons. The van der Waals surface area contributed by atoms with Gasteiger partial charge in [0.15, 0.2) is 11.5 Å². The molecule has 1 fully saturated rings. The topological polar surface area (TPSA) is 80.8 Å². The third-order valence-corrected chi connectivity index (χ3v) is 6.55. The van der Waals surface area contributed by atoms with Crippen molar-refractivity contribution in [3.05, 3.63) is 52.8 Å². The SMILES string of the molecule is CN1C(=O)C2(N=C1N)c1cc(-c3cncc(Cl)c3)ccc1C[C@H]1CCOC[C@@H]12. The van der Waals surface area contributed by atoms with E-state index in [-0.39, 0.29) is 17.8 Å². The van der Waals surface area contributed by atoms with Crippen LogP contribution in [0.3, 0.4) is 0 Å². The first-order valence-corrected chi connectivity index (χ1v) is 9.84. The van der Waals surface area contributed by atoms with Crippen LogP contribution in [0.15, 0.2) is 41.7 Å². The zero-order valence-electron chi connectivity index (χ0n) is 15.6. The Kier molecular flexibility index (Phi) is 3.96. The van der Waals surface area contributed by atoms with Crippen LogP contribution in [-0.2, 0) is 21.5 Å². The fourth-order valence-corrected chi connectivity index (χ4v) is 5.08. The first kappa shape index (κ1) is 17.6. The van der Waals surface area contributed by atoms with Crippen molar-refractivity contribution in [2.45, 2.75) is 18.4 Å². The molecule has 0 bridgehead atoms. The summed E-state index contributed by atoms with van der Waals surface area (Å²) in [6.07, 6.45) is 5.23. The van der Waals surface area contributed by atoms with Gasteiger partial charge in [0.1, 0.15) is 0 Å². The minimum atomic E-state index is -1.01. The third kappa shape index (κ3) is 2.41. The second-order valence-electron chi connectivity index (χ2n) is 7.80. The van der Waals surface area contributed by atoms with Gasteiger partial charge >= 0.3 is 0 Å². The highest BCUT2D eigenvalue weighted by Gasteiger charge is 2.59. The van der Waals surface area contributed by atoms with Gasteiger partial charge in [-0.3, -0.25) is 14.7 Å². The molecule has 1 aromatic carbocycles. The van der Waals surface area contributed by atoms with Crippen LogP contribution in [0.2, 0.25) is 5.02 Å². The average molecular weight is 397 g/mol. The highest BCUT2D eigenvalue weighted by Crippen LogP contribution is 2.51. The van der Waals surface area contributed by atoms with E-state index in [0.29, 0.717) is 17.5 Å². The predicted molar refractivity (Wildman–Crippen MR) is 107 cm³/mol. The molecule has 7 heteroatoms. The molecule has 0 radical (unpaired) electrons. The number of nitrogens with zero attached hydrogens (tertiary/aromatic N) is 3. The highest BCUT2D eigenvalue weighted by atomic mass is 35.5. The van der Waals surface area contributed by atoms with Crippen molar-refractivity contribution in [3.8, 4) is 11.1 Å². The molecule has 2 aliphatic heterocycles. The molecule has 3 aliphatic rings. The molecule has 1 spiro atoms. The maximum absolute atomic E-state index is 13.5. The van der Waals surface area contributed by atoms with Gasteiger partial charge in [-0.25, -0.2) is 4.99 Å². The van der Waals surface area contributed by atoms with E-state index in [9.17, 15) is 4.79 Å². The van der Waals surface area contributed by atoms with Gasteiger partial charge < -0.3 is 10.5 Å². The zero-order chi connectivity index (χ0) is 19.5. The number of aliphatic imine (C=N–C) groups is 1. The van der Waals surface area contributed by atoms with Crippen molar-refractivity contribution >= 4 is 23.5 Å². The number of aromatic nitrogens is 1. The first-order valence-electron chi connectivity index (χ1n) is 9.46. The lowest BCUT2D eigenvalue weighted by molar-refractivity contribution is -0.137. The molecule has 2 aromatic rings. The number of hydrogen-bond acceptors (Lipinski definition) is 5. The van der Waals surface area contributed by atoms with Gasteiger partial charge in [0.05, 0.1) is 11.6 Å². The lowest BCUT2D eigenvalue weighted by Crippen LogP contribution is -2.53. The molecule has 3 heterocycles. The Morgan fingerprint density at radius 3 is 2.89 bits per heavy atom. The van der Waals surface area contributed by atoms with E-state index in [0.717, 1.165) is 41.7 Å². The second kappa shape index (κ2) is 6.29. The second-order valence-corrected chi connectivity index (χ2v) is 8.24. The van der Waals surface area contributed by atoms with E-state index >= 15 is 0 Å². The Morgan fingerprint density at radius 1 is 1.29 bits per heavy atom. The average Bonchev–Trinajstić information content (AvgIpc) is 2.93. The Balaban J connectivity index is 1.73. The Hall–Kier alpha value is -2.44. The van der Waals surface area contributed by atoms with Crippen molar-refractivity contribution in [2.75, 3.05) is 20.3 Å². The number of halogens is 1. The van der Waals surface area contributed by atoms with Crippen molar-refractivity contribution in [2.24, 2.45) is 22.6 Å². The van der Waals surface area contributed by atoms with Gasteiger partial charge in [-0.2, -0.15) is 0 Å². The molecule has 0 saturated carbocycles. The highest BCUT2D eigenvalue weighted by molar-refractivity contribution is 6.30. The number of nitrogens with two attached hydrogens (primary N) is 1.